The fraction of sp³-hybridized carbons (Fsp3) is 0. The average Bonchev–Trinajstić information content (AvgIpc) is 3.25. The third-order valence-corrected chi connectivity index (χ3v) is 7.22. The van der Waals surface area contributed by atoms with E-state index < -0.39 is 15.8 Å². The lowest BCUT2D eigenvalue weighted by molar-refractivity contribution is 0.103. The monoisotopic (exact) mass is 455 g/mol. The zero-order valence-corrected chi connectivity index (χ0v) is 18.2. The number of carbonyl (C=O) groups is 1. The summed E-state index contributed by atoms with van der Waals surface area (Å²) in [5.74, 6) is -0.693. The van der Waals surface area contributed by atoms with Gasteiger partial charge in [-0.05, 0) is 60.2 Å². The molecular formula is C27H18FNO3S. The Hall–Kier alpha value is -4.03. The van der Waals surface area contributed by atoms with E-state index in [0.717, 1.165) is 5.39 Å². The van der Waals surface area contributed by atoms with Crippen molar-refractivity contribution in [1.82, 2.24) is 3.97 Å². The van der Waals surface area contributed by atoms with Gasteiger partial charge in [0.1, 0.15) is 5.82 Å². The summed E-state index contributed by atoms with van der Waals surface area (Å²) >= 11 is 0. The van der Waals surface area contributed by atoms with Gasteiger partial charge in [-0.3, -0.25) is 4.79 Å². The van der Waals surface area contributed by atoms with Crippen molar-refractivity contribution in [1.29, 1.82) is 0 Å². The normalized spacial score (nSPS) is 11.5. The topological polar surface area (TPSA) is 56.1 Å². The molecule has 0 atom stereocenters. The molecule has 0 aliphatic heterocycles. The second-order valence-electron chi connectivity index (χ2n) is 7.59. The molecule has 1 aromatic heterocycles. The zero-order chi connectivity index (χ0) is 23.0. The van der Waals surface area contributed by atoms with Crippen LogP contribution in [0.25, 0.3) is 22.2 Å². The highest BCUT2D eigenvalue weighted by molar-refractivity contribution is 7.90. The number of hydrogen-bond donors (Lipinski definition) is 0. The molecule has 6 heteroatoms. The van der Waals surface area contributed by atoms with Gasteiger partial charge in [-0.25, -0.2) is 16.8 Å². The van der Waals surface area contributed by atoms with Crippen LogP contribution in [0.3, 0.4) is 0 Å². The highest BCUT2D eigenvalue weighted by Gasteiger charge is 2.24. The summed E-state index contributed by atoms with van der Waals surface area (Å²) in [5.41, 5.74) is 2.32. The summed E-state index contributed by atoms with van der Waals surface area (Å²) in [5, 5.41) is 0.766. The number of benzene rings is 4. The maximum atomic E-state index is 13.6. The first-order valence-corrected chi connectivity index (χ1v) is 11.7. The first-order chi connectivity index (χ1) is 15.9. The van der Waals surface area contributed by atoms with Gasteiger partial charge in [-0.2, -0.15) is 0 Å². The molecule has 0 aliphatic rings. The standard InChI is InChI=1S/C27H18FNO3S/c28-23-15-13-19(14-16-23)27(30)22-9-6-8-20(17-22)26-18-21-7-4-5-12-25(21)29(26)33(31,32)24-10-2-1-3-11-24/h1-18H. The van der Waals surface area contributed by atoms with E-state index in [1.165, 1.54) is 28.2 Å². The Morgan fingerprint density at radius 1 is 0.697 bits per heavy atom. The molecule has 0 bridgehead atoms. The largest absolute Gasteiger partial charge is 0.289 e. The van der Waals surface area contributed by atoms with Gasteiger partial charge in [0.15, 0.2) is 5.78 Å². The smallest absolute Gasteiger partial charge is 0.268 e. The fourth-order valence-electron chi connectivity index (χ4n) is 3.88. The summed E-state index contributed by atoms with van der Waals surface area (Å²) in [6.07, 6.45) is 0. The molecule has 0 radical (unpaired) electrons. The molecule has 5 aromatic rings. The molecule has 0 saturated carbocycles. The van der Waals surface area contributed by atoms with Gasteiger partial charge in [0.2, 0.25) is 0 Å². The maximum absolute atomic E-state index is 13.6. The highest BCUT2D eigenvalue weighted by Crippen LogP contribution is 2.33. The Balaban J connectivity index is 1.69. The lowest BCUT2D eigenvalue weighted by Crippen LogP contribution is -2.14. The number of para-hydroxylation sites is 1. The van der Waals surface area contributed by atoms with Crippen LogP contribution in [0, 0.1) is 5.82 Å². The van der Waals surface area contributed by atoms with E-state index >= 15 is 0 Å². The number of halogens is 1. The molecule has 0 saturated heterocycles. The lowest BCUT2D eigenvalue weighted by Gasteiger charge is -2.13. The molecule has 0 N–H and O–H groups in total. The van der Waals surface area contributed by atoms with Crippen molar-refractivity contribution in [2.75, 3.05) is 0 Å². The van der Waals surface area contributed by atoms with E-state index in [4.69, 9.17) is 0 Å². The molecule has 5 rings (SSSR count). The van der Waals surface area contributed by atoms with Crippen LogP contribution in [0.5, 0.6) is 0 Å². The fourth-order valence-corrected chi connectivity index (χ4v) is 5.43. The summed E-state index contributed by atoms with van der Waals surface area (Å²) in [7, 11) is -3.90. The van der Waals surface area contributed by atoms with E-state index in [2.05, 4.69) is 0 Å². The summed E-state index contributed by atoms with van der Waals surface area (Å²) in [6.45, 7) is 0. The van der Waals surface area contributed by atoms with Crippen molar-refractivity contribution in [3.63, 3.8) is 0 Å². The van der Waals surface area contributed by atoms with E-state index in [1.54, 1.807) is 72.8 Å². The van der Waals surface area contributed by atoms with Crippen LogP contribution in [0.2, 0.25) is 0 Å². The van der Waals surface area contributed by atoms with Crippen LogP contribution in [0.15, 0.2) is 114 Å². The van der Waals surface area contributed by atoms with Gasteiger partial charge < -0.3 is 0 Å². The number of carbonyl (C=O) groups excluding carboxylic acids is 1. The van der Waals surface area contributed by atoms with Gasteiger partial charge in [0.05, 0.1) is 16.1 Å². The number of rotatable bonds is 5. The molecule has 4 aromatic carbocycles. The maximum Gasteiger partial charge on any atom is 0.268 e. The molecule has 33 heavy (non-hydrogen) atoms. The summed E-state index contributed by atoms with van der Waals surface area (Å²) < 4.78 is 41.9. The van der Waals surface area contributed by atoms with E-state index in [9.17, 15) is 17.6 Å². The van der Waals surface area contributed by atoms with Crippen molar-refractivity contribution >= 4 is 26.7 Å². The zero-order valence-electron chi connectivity index (χ0n) is 17.4. The molecule has 0 fully saturated rings. The van der Waals surface area contributed by atoms with Crippen LogP contribution in [-0.4, -0.2) is 18.2 Å². The van der Waals surface area contributed by atoms with E-state index in [-0.39, 0.29) is 10.7 Å². The van der Waals surface area contributed by atoms with Gasteiger partial charge >= 0.3 is 0 Å². The molecule has 4 nitrogen and oxygen atoms in total. The Morgan fingerprint density at radius 2 is 1.39 bits per heavy atom. The summed E-state index contributed by atoms with van der Waals surface area (Å²) in [6, 6.07) is 29.4. The number of hydrogen-bond acceptors (Lipinski definition) is 3. The second-order valence-corrected chi connectivity index (χ2v) is 9.37. The first kappa shape index (κ1) is 20.8. The molecular weight excluding hydrogens is 437 g/mol. The third-order valence-electron chi connectivity index (χ3n) is 5.47. The molecule has 0 aliphatic carbocycles. The quantitative estimate of drug-likeness (QED) is 0.309. The van der Waals surface area contributed by atoms with Crippen molar-refractivity contribution in [3.05, 3.63) is 126 Å². The summed E-state index contributed by atoms with van der Waals surface area (Å²) in [4.78, 5) is 13.1. The van der Waals surface area contributed by atoms with Crippen LogP contribution in [-0.2, 0) is 10.0 Å². The molecule has 0 amide bonds. The van der Waals surface area contributed by atoms with Gasteiger partial charge in [0.25, 0.3) is 10.0 Å². The lowest BCUT2D eigenvalue weighted by atomic mass is 10.0. The van der Waals surface area contributed by atoms with Crippen molar-refractivity contribution in [3.8, 4) is 11.3 Å². The number of ketones is 1. The van der Waals surface area contributed by atoms with E-state index in [1.807, 2.05) is 12.1 Å². The Kier molecular flexibility index (Phi) is 5.15. The minimum Gasteiger partial charge on any atom is -0.289 e. The average molecular weight is 456 g/mol. The van der Waals surface area contributed by atoms with Gasteiger partial charge in [-0.1, -0.05) is 54.6 Å². The number of nitrogens with zero attached hydrogens (tertiary/aromatic N) is 1. The minimum absolute atomic E-state index is 0.172. The molecule has 0 unspecified atom stereocenters. The van der Waals surface area contributed by atoms with Crippen LogP contribution in [0.1, 0.15) is 15.9 Å². The molecule has 1 heterocycles. The van der Waals surface area contributed by atoms with Crippen LogP contribution in [0.4, 0.5) is 4.39 Å². The molecule has 0 spiro atoms. The third kappa shape index (κ3) is 3.75. The number of aromatic nitrogens is 1. The van der Waals surface area contributed by atoms with Gasteiger partial charge in [-0.15, -0.1) is 0 Å². The van der Waals surface area contributed by atoms with Crippen LogP contribution < -0.4 is 0 Å². The highest BCUT2D eigenvalue weighted by atomic mass is 32.2. The minimum atomic E-state index is -3.90. The second kappa shape index (κ2) is 8.15. The van der Waals surface area contributed by atoms with Crippen molar-refractivity contribution in [2.24, 2.45) is 0 Å². The SMILES string of the molecule is O=C(c1ccc(F)cc1)c1cccc(-c2cc3ccccc3n2S(=O)(=O)c2ccccc2)c1. The van der Waals surface area contributed by atoms with Gasteiger partial charge in [0, 0.05) is 16.5 Å². The Labute approximate surface area is 190 Å². The predicted octanol–water partition coefficient (Wildman–Crippen LogP) is 5.92. The van der Waals surface area contributed by atoms with E-state index in [0.29, 0.717) is 27.9 Å². The number of fused-ring (bicyclic) bond motifs is 1. The molecule has 162 valence electrons. The Morgan fingerprint density at radius 3 is 2.15 bits per heavy atom. The predicted molar refractivity (Wildman–Crippen MR) is 126 cm³/mol. The Bertz CT molecular complexity index is 1590. The first-order valence-electron chi connectivity index (χ1n) is 10.3. The van der Waals surface area contributed by atoms with Crippen LogP contribution >= 0.6 is 0 Å². The van der Waals surface area contributed by atoms with Crippen molar-refractivity contribution < 1.29 is 17.6 Å². The van der Waals surface area contributed by atoms with Crippen molar-refractivity contribution in [2.45, 2.75) is 4.90 Å².